The molecule has 2 heteroatoms. The van der Waals surface area contributed by atoms with Crippen molar-refractivity contribution in [1.82, 2.24) is 0 Å². The molecule has 3 rings (SSSR count). The highest BCUT2D eigenvalue weighted by atomic mass is 16.5. The fraction of sp³-hybridized carbons (Fsp3) is 0.526. The van der Waals surface area contributed by atoms with E-state index < -0.39 is 0 Å². The number of ether oxygens (including phenoxy) is 1. The maximum atomic E-state index is 11.5. The van der Waals surface area contributed by atoms with Crippen molar-refractivity contribution in [2.24, 2.45) is 17.8 Å². The van der Waals surface area contributed by atoms with Crippen molar-refractivity contribution in [3.8, 4) is 0 Å². The molecule has 0 aliphatic heterocycles. The van der Waals surface area contributed by atoms with Crippen LogP contribution < -0.4 is 0 Å². The van der Waals surface area contributed by atoms with Crippen molar-refractivity contribution in [3.63, 3.8) is 0 Å². The Hall–Kier alpha value is -1.57. The minimum atomic E-state index is -0.255. The summed E-state index contributed by atoms with van der Waals surface area (Å²) in [6, 6.07) is 10.9. The van der Waals surface area contributed by atoms with Gasteiger partial charge in [0, 0.05) is 5.57 Å². The Morgan fingerprint density at radius 2 is 1.95 bits per heavy atom. The first-order chi connectivity index (χ1) is 10.2. The standard InChI is InChI=1S/C19H24O2/c1-13(2)19(20)21-11-10-17-15-8-9-16(12-15)18(17)14-6-4-3-5-7-14/h3-7,15-18H,1,8-12H2,2H3. The van der Waals surface area contributed by atoms with Crippen molar-refractivity contribution < 1.29 is 9.53 Å². The van der Waals surface area contributed by atoms with Crippen LogP contribution in [0.3, 0.4) is 0 Å². The van der Waals surface area contributed by atoms with E-state index in [2.05, 4.69) is 36.9 Å². The SMILES string of the molecule is C=C(C)C(=O)OCCC1C2CCC(C2)C1c1ccccc1. The van der Waals surface area contributed by atoms with Crippen LogP contribution in [0.2, 0.25) is 0 Å². The van der Waals surface area contributed by atoms with E-state index in [4.69, 9.17) is 4.74 Å². The van der Waals surface area contributed by atoms with E-state index in [9.17, 15) is 4.79 Å². The van der Waals surface area contributed by atoms with Crippen molar-refractivity contribution in [1.29, 1.82) is 0 Å². The van der Waals surface area contributed by atoms with Gasteiger partial charge in [-0.1, -0.05) is 36.9 Å². The first kappa shape index (κ1) is 14.4. The molecule has 0 N–H and O–H groups in total. The van der Waals surface area contributed by atoms with Crippen LogP contribution in [-0.4, -0.2) is 12.6 Å². The second kappa shape index (κ2) is 6.05. The zero-order valence-electron chi connectivity index (χ0n) is 12.8. The first-order valence-electron chi connectivity index (χ1n) is 8.04. The summed E-state index contributed by atoms with van der Waals surface area (Å²) in [5.41, 5.74) is 1.96. The lowest BCUT2D eigenvalue weighted by Crippen LogP contribution is -2.22. The highest BCUT2D eigenvalue weighted by Crippen LogP contribution is 2.57. The van der Waals surface area contributed by atoms with E-state index >= 15 is 0 Å². The number of carbonyl (C=O) groups is 1. The molecule has 2 aliphatic rings. The van der Waals surface area contributed by atoms with E-state index in [-0.39, 0.29) is 5.97 Å². The van der Waals surface area contributed by atoms with Gasteiger partial charge in [-0.25, -0.2) is 4.79 Å². The number of fused-ring (bicyclic) bond motifs is 2. The van der Waals surface area contributed by atoms with Crippen molar-refractivity contribution >= 4 is 5.97 Å². The second-order valence-corrected chi connectivity index (χ2v) is 6.64. The lowest BCUT2D eigenvalue weighted by Gasteiger charge is -2.31. The Morgan fingerprint density at radius 1 is 1.24 bits per heavy atom. The molecule has 0 aromatic heterocycles. The Kier molecular flexibility index (Phi) is 4.14. The molecule has 2 bridgehead atoms. The lowest BCUT2D eigenvalue weighted by molar-refractivity contribution is -0.139. The van der Waals surface area contributed by atoms with Gasteiger partial charge in [0.1, 0.15) is 0 Å². The van der Waals surface area contributed by atoms with Gasteiger partial charge in [-0.15, -0.1) is 0 Å². The Morgan fingerprint density at radius 3 is 2.67 bits per heavy atom. The quantitative estimate of drug-likeness (QED) is 0.594. The minimum Gasteiger partial charge on any atom is -0.462 e. The van der Waals surface area contributed by atoms with Crippen LogP contribution in [-0.2, 0) is 9.53 Å². The van der Waals surface area contributed by atoms with Crippen LogP contribution in [0.15, 0.2) is 42.5 Å². The van der Waals surface area contributed by atoms with Gasteiger partial charge in [0.05, 0.1) is 6.61 Å². The third-order valence-corrected chi connectivity index (χ3v) is 5.31. The van der Waals surface area contributed by atoms with Crippen molar-refractivity contribution in [3.05, 3.63) is 48.0 Å². The summed E-state index contributed by atoms with van der Waals surface area (Å²) in [5, 5.41) is 0. The molecule has 1 aromatic carbocycles. The van der Waals surface area contributed by atoms with Gasteiger partial charge in [-0.05, 0) is 61.8 Å². The summed E-state index contributed by atoms with van der Waals surface area (Å²) in [7, 11) is 0. The molecule has 112 valence electrons. The molecule has 21 heavy (non-hydrogen) atoms. The van der Waals surface area contributed by atoms with Crippen molar-refractivity contribution in [2.75, 3.05) is 6.61 Å². The highest BCUT2D eigenvalue weighted by Gasteiger charge is 2.47. The maximum Gasteiger partial charge on any atom is 0.333 e. The van der Waals surface area contributed by atoms with Gasteiger partial charge < -0.3 is 4.74 Å². The fourth-order valence-electron chi connectivity index (χ4n) is 4.43. The van der Waals surface area contributed by atoms with E-state index in [1.807, 2.05) is 0 Å². The molecule has 2 fully saturated rings. The molecular formula is C19H24O2. The molecule has 2 saturated carbocycles. The Balaban J connectivity index is 1.65. The average Bonchev–Trinajstić information content (AvgIpc) is 3.09. The van der Waals surface area contributed by atoms with E-state index in [1.165, 1.54) is 24.8 Å². The third kappa shape index (κ3) is 2.90. The minimum absolute atomic E-state index is 0.255. The van der Waals surface area contributed by atoms with Gasteiger partial charge >= 0.3 is 5.97 Å². The molecule has 0 saturated heterocycles. The van der Waals surface area contributed by atoms with Gasteiger partial charge in [0.15, 0.2) is 0 Å². The average molecular weight is 284 g/mol. The van der Waals surface area contributed by atoms with Crippen LogP contribution in [0.4, 0.5) is 0 Å². The number of rotatable bonds is 5. The zero-order chi connectivity index (χ0) is 14.8. The smallest absolute Gasteiger partial charge is 0.333 e. The molecule has 0 spiro atoms. The third-order valence-electron chi connectivity index (χ3n) is 5.31. The molecule has 0 heterocycles. The van der Waals surface area contributed by atoms with E-state index in [1.54, 1.807) is 6.92 Å². The topological polar surface area (TPSA) is 26.3 Å². The van der Waals surface area contributed by atoms with Crippen LogP contribution >= 0.6 is 0 Å². The van der Waals surface area contributed by atoms with Crippen molar-refractivity contribution in [2.45, 2.75) is 38.5 Å². The number of esters is 1. The summed E-state index contributed by atoms with van der Waals surface area (Å²) in [5.74, 6) is 2.73. The number of hydrogen-bond donors (Lipinski definition) is 0. The second-order valence-electron chi connectivity index (χ2n) is 6.64. The summed E-state index contributed by atoms with van der Waals surface area (Å²) >= 11 is 0. The predicted octanol–water partition coefficient (Wildman–Crippen LogP) is 4.33. The van der Waals surface area contributed by atoms with Crippen LogP contribution in [0.1, 0.15) is 44.1 Å². The summed E-state index contributed by atoms with van der Waals surface area (Å²) in [6.07, 6.45) is 5.07. The van der Waals surface area contributed by atoms with Gasteiger partial charge in [-0.3, -0.25) is 0 Å². The molecule has 2 aliphatic carbocycles. The van der Waals surface area contributed by atoms with E-state index in [0.29, 0.717) is 24.0 Å². The number of carbonyl (C=O) groups excluding carboxylic acids is 1. The van der Waals surface area contributed by atoms with Crippen LogP contribution in [0.25, 0.3) is 0 Å². The van der Waals surface area contributed by atoms with Crippen LogP contribution in [0.5, 0.6) is 0 Å². The Bertz CT molecular complexity index is 520. The predicted molar refractivity (Wildman–Crippen MR) is 83.9 cm³/mol. The van der Waals surface area contributed by atoms with E-state index in [0.717, 1.165) is 18.3 Å². The first-order valence-corrected chi connectivity index (χ1v) is 8.04. The number of hydrogen-bond acceptors (Lipinski definition) is 2. The maximum absolute atomic E-state index is 11.5. The summed E-state index contributed by atoms with van der Waals surface area (Å²) < 4.78 is 5.32. The fourth-order valence-corrected chi connectivity index (χ4v) is 4.43. The van der Waals surface area contributed by atoms with Gasteiger partial charge in [0.2, 0.25) is 0 Å². The summed E-state index contributed by atoms with van der Waals surface area (Å²) in [6.45, 7) is 5.86. The zero-order valence-corrected chi connectivity index (χ0v) is 12.8. The van der Waals surface area contributed by atoms with Gasteiger partial charge in [-0.2, -0.15) is 0 Å². The summed E-state index contributed by atoms with van der Waals surface area (Å²) in [4.78, 5) is 11.5. The molecule has 4 unspecified atom stereocenters. The molecular weight excluding hydrogens is 260 g/mol. The van der Waals surface area contributed by atoms with Crippen LogP contribution in [0, 0.1) is 17.8 Å². The lowest BCUT2D eigenvalue weighted by atomic mass is 9.74. The monoisotopic (exact) mass is 284 g/mol. The largest absolute Gasteiger partial charge is 0.462 e. The Labute approximate surface area is 127 Å². The normalized spacial score (nSPS) is 30.3. The molecule has 0 radical (unpaired) electrons. The number of benzene rings is 1. The molecule has 4 atom stereocenters. The highest BCUT2D eigenvalue weighted by molar-refractivity contribution is 5.86. The molecule has 0 amide bonds. The molecule has 1 aromatic rings. The van der Waals surface area contributed by atoms with Gasteiger partial charge in [0.25, 0.3) is 0 Å². The molecule has 2 nitrogen and oxygen atoms in total.